The summed E-state index contributed by atoms with van der Waals surface area (Å²) in [5.41, 5.74) is 2.31. The second kappa shape index (κ2) is 10.1. The highest BCUT2D eigenvalue weighted by atomic mass is 19.1. The molecule has 1 fully saturated rings. The van der Waals surface area contributed by atoms with Crippen LogP contribution in [-0.2, 0) is 13.1 Å². The highest BCUT2D eigenvalue weighted by Gasteiger charge is 2.20. The molecule has 1 aromatic heterocycles. The van der Waals surface area contributed by atoms with E-state index in [0.29, 0.717) is 6.54 Å². The fourth-order valence-corrected chi connectivity index (χ4v) is 3.82. The van der Waals surface area contributed by atoms with Crippen LogP contribution in [0.1, 0.15) is 18.3 Å². The van der Waals surface area contributed by atoms with E-state index in [1.807, 2.05) is 30.6 Å². The van der Waals surface area contributed by atoms with Gasteiger partial charge in [-0.25, -0.2) is 14.4 Å². The van der Waals surface area contributed by atoms with Gasteiger partial charge in [0.1, 0.15) is 18.2 Å². The number of rotatable bonds is 6. The van der Waals surface area contributed by atoms with Crippen molar-refractivity contribution in [3.8, 4) is 0 Å². The third kappa shape index (κ3) is 5.42. The van der Waals surface area contributed by atoms with Gasteiger partial charge < -0.3 is 19.7 Å². The van der Waals surface area contributed by atoms with Crippen molar-refractivity contribution in [2.75, 3.05) is 37.6 Å². The minimum atomic E-state index is -0.199. The number of piperazine rings is 1. The molecule has 0 saturated carbocycles. The lowest BCUT2D eigenvalue weighted by atomic mass is 10.2. The van der Waals surface area contributed by atoms with Crippen LogP contribution in [0.5, 0.6) is 0 Å². The van der Waals surface area contributed by atoms with Gasteiger partial charge in [0.05, 0.1) is 0 Å². The minimum absolute atomic E-state index is 0.199. The number of aromatic nitrogens is 2. The van der Waals surface area contributed by atoms with E-state index in [2.05, 4.69) is 55.9 Å². The van der Waals surface area contributed by atoms with E-state index >= 15 is 0 Å². The molecule has 1 aliphatic heterocycles. The summed E-state index contributed by atoms with van der Waals surface area (Å²) >= 11 is 0. The molecule has 31 heavy (non-hydrogen) atoms. The predicted molar refractivity (Wildman–Crippen MR) is 123 cm³/mol. The lowest BCUT2D eigenvalue weighted by molar-refractivity contribution is 0.372. The molecular weight excluding hydrogens is 391 g/mol. The molecule has 0 bridgehead atoms. The van der Waals surface area contributed by atoms with Gasteiger partial charge in [0.25, 0.3) is 0 Å². The summed E-state index contributed by atoms with van der Waals surface area (Å²) in [6, 6.07) is 17.1. The Bertz CT molecular complexity index is 975. The smallest absolute Gasteiger partial charge is 0.194 e. The standard InChI is InChI=1S/C24H29FN6/c1-2-26-24(30-16-14-29(15-17-30)22-10-8-21(25)9-11-22)28-18-23-27-12-13-31(23)19-20-6-4-3-5-7-20/h3-13H,2,14-19H2,1H3,(H,26,28). The second-order valence-corrected chi connectivity index (χ2v) is 7.58. The summed E-state index contributed by atoms with van der Waals surface area (Å²) in [4.78, 5) is 14.0. The van der Waals surface area contributed by atoms with Gasteiger partial charge in [-0.15, -0.1) is 0 Å². The molecule has 162 valence electrons. The van der Waals surface area contributed by atoms with E-state index in [1.165, 1.54) is 17.7 Å². The highest BCUT2D eigenvalue weighted by Crippen LogP contribution is 2.17. The van der Waals surface area contributed by atoms with Crippen LogP contribution in [0.2, 0.25) is 0 Å². The second-order valence-electron chi connectivity index (χ2n) is 7.58. The average Bonchev–Trinajstić information content (AvgIpc) is 3.25. The van der Waals surface area contributed by atoms with Crippen LogP contribution in [-0.4, -0.2) is 53.1 Å². The molecule has 0 spiro atoms. The Kier molecular flexibility index (Phi) is 6.82. The van der Waals surface area contributed by atoms with Crippen molar-refractivity contribution < 1.29 is 4.39 Å². The van der Waals surface area contributed by atoms with Crippen LogP contribution in [0, 0.1) is 5.82 Å². The van der Waals surface area contributed by atoms with Gasteiger partial charge in [0.15, 0.2) is 5.96 Å². The molecule has 0 amide bonds. The number of benzene rings is 2. The Morgan fingerprint density at radius 2 is 1.77 bits per heavy atom. The Labute approximate surface area is 183 Å². The quantitative estimate of drug-likeness (QED) is 0.491. The molecule has 2 aromatic carbocycles. The van der Waals surface area contributed by atoms with Crippen LogP contribution in [0.15, 0.2) is 72.0 Å². The molecule has 4 rings (SSSR count). The zero-order valence-electron chi connectivity index (χ0n) is 17.9. The summed E-state index contributed by atoms with van der Waals surface area (Å²) in [6.07, 6.45) is 3.84. The summed E-state index contributed by atoms with van der Waals surface area (Å²) in [6.45, 7) is 7.69. The number of nitrogens with zero attached hydrogens (tertiary/aromatic N) is 5. The largest absolute Gasteiger partial charge is 0.368 e. The first-order valence-electron chi connectivity index (χ1n) is 10.8. The van der Waals surface area contributed by atoms with Crippen LogP contribution < -0.4 is 10.2 Å². The maximum absolute atomic E-state index is 13.2. The minimum Gasteiger partial charge on any atom is -0.368 e. The number of imidazole rings is 1. The summed E-state index contributed by atoms with van der Waals surface area (Å²) in [5.74, 6) is 1.66. The first kappa shape index (κ1) is 20.9. The van der Waals surface area contributed by atoms with Crippen molar-refractivity contribution in [3.63, 3.8) is 0 Å². The molecule has 1 aliphatic rings. The first-order chi connectivity index (χ1) is 15.2. The van der Waals surface area contributed by atoms with Crippen molar-refractivity contribution in [1.29, 1.82) is 0 Å². The monoisotopic (exact) mass is 420 g/mol. The van der Waals surface area contributed by atoms with Gasteiger partial charge in [-0.3, -0.25) is 0 Å². The molecular formula is C24H29FN6. The first-order valence-corrected chi connectivity index (χ1v) is 10.8. The van der Waals surface area contributed by atoms with Crippen molar-refractivity contribution in [2.24, 2.45) is 4.99 Å². The summed E-state index contributed by atoms with van der Waals surface area (Å²) in [7, 11) is 0. The molecule has 0 radical (unpaired) electrons. The van der Waals surface area contributed by atoms with E-state index in [0.717, 1.165) is 56.7 Å². The van der Waals surface area contributed by atoms with Crippen molar-refractivity contribution in [2.45, 2.75) is 20.0 Å². The maximum atomic E-state index is 13.2. The Balaban J connectivity index is 1.39. The lowest BCUT2D eigenvalue weighted by Gasteiger charge is -2.37. The SMILES string of the molecule is CCNC(=NCc1nccn1Cc1ccccc1)N1CCN(c2ccc(F)cc2)CC1. The van der Waals surface area contributed by atoms with Gasteiger partial charge >= 0.3 is 0 Å². The molecule has 0 unspecified atom stereocenters. The number of anilines is 1. The van der Waals surface area contributed by atoms with Crippen LogP contribution in [0.3, 0.4) is 0 Å². The Morgan fingerprint density at radius 1 is 1.03 bits per heavy atom. The van der Waals surface area contributed by atoms with Gasteiger partial charge in [0.2, 0.25) is 0 Å². The Morgan fingerprint density at radius 3 is 2.48 bits per heavy atom. The van der Waals surface area contributed by atoms with Crippen molar-refractivity contribution in [3.05, 3.63) is 84.2 Å². The number of guanidine groups is 1. The lowest BCUT2D eigenvalue weighted by Crippen LogP contribution is -2.52. The number of hydrogen-bond acceptors (Lipinski definition) is 3. The summed E-state index contributed by atoms with van der Waals surface area (Å²) in [5, 5.41) is 3.42. The van der Waals surface area contributed by atoms with Crippen molar-refractivity contribution >= 4 is 11.6 Å². The Hall–Kier alpha value is -3.35. The average molecular weight is 421 g/mol. The van der Waals surface area contributed by atoms with Gasteiger partial charge in [-0.05, 0) is 36.8 Å². The molecule has 2 heterocycles. The van der Waals surface area contributed by atoms with Crippen LogP contribution in [0.4, 0.5) is 10.1 Å². The number of halogens is 1. The van der Waals surface area contributed by atoms with Crippen molar-refractivity contribution in [1.82, 2.24) is 19.8 Å². The van der Waals surface area contributed by atoms with Gasteiger partial charge in [-0.1, -0.05) is 30.3 Å². The zero-order chi connectivity index (χ0) is 21.5. The maximum Gasteiger partial charge on any atom is 0.194 e. The number of hydrogen-bond donors (Lipinski definition) is 1. The molecule has 0 aliphatic carbocycles. The fourth-order valence-electron chi connectivity index (χ4n) is 3.82. The zero-order valence-corrected chi connectivity index (χ0v) is 17.9. The van der Waals surface area contributed by atoms with E-state index in [9.17, 15) is 4.39 Å². The van der Waals surface area contributed by atoms with E-state index in [1.54, 1.807) is 0 Å². The molecule has 6 nitrogen and oxygen atoms in total. The third-order valence-corrected chi connectivity index (χ3v) is 5.47. The molecule has 0 atom stereocenters. The molecule has 1 N–H and O–H groups in total. The third-order valence-electron chi connectivity index (χ3n) is 5.47. The van der Waals surface area contributed by atoms with Gasteiger partial charge in [-0.2, -0.15) is 0 Å². The fraction of sp³-hybridized carbons (Fsp3) is 0.333. The molecule has 3 aromatic rings. The predicted octanol–water partition coefficient (Wildman–Crippen LogP) is 3.36. The molecule has 1 saturated heterocycles. The molecule has 7 heteroatoms. The topological polar surface area (TPSA) is 48.7 Å². The van der Waals surface area contributed by atoms with E-state index in [-0.39, 0.29) is 5.82 Å². The van der Waals surface area contributed by atoms with E-state index < -0.39 is 0 Å². The number of aliphatic imine (C=N–C) groups is 1. The van der Waals surface area contributed by atoms with Crippen LogP contribution in [0.25, 0.3) is 0 Å². The highest BCUT2D eigenvalue weighted by molar-refractivity contribution is 5.80. The van der Waals surface area contributed by atoms with E-state index in [4.69, 9.17) is 4.99 Å². The normalized spacial score (nSPS) is 14.7. The van der Waals surface area contributed by atoms with Gasteiger partial charge in [0, 0.05) is 57.3 Å². The number of nitrogens with one attached hydrogen (secondary N) is 1. The summed E-state index contributed by atoms with van der Waals surface area (Å²) < 4.78 is 15.3. The van der Waals surface area contributed by atoms with Crippen LogP contribution >= 0.6 is 0 Å².